The minimum Gasteiger partial charge on any atom is -0.327 e. The molecule has 2 N–H and O–H groups in total. The second-order valence-corrected chi connectivity index (χ2v) is 6.96. The number of ketones is 1. The van der Waals surface area contributed by atoms with Crippen LogP contribution in [0.2, 0.25) is 0 Å². The van der Waals surface area contributed by atoms with Gasteiger partial charge in [-0.1, -0.05) is 49.8 Å². The first-order valence-electron chi connectivity index (χ1n) is 8.22. The number of alkyl halides is 1. The van der Waals surface area contributed by atoms with Crippen LogP contribution in [0.1, 0.15) is 56.0 Å². The number of carbonyl (C=O) groups excluding carboxylic acids is 1. The number of allylic oxidation sites excluding steroid dienone is 3. The van der Waals surface area contributed by atoms with E-state index < -0.39 is 12.0 Å². The molecule has 2 nitrogen and oxygen atoms in total. The minimum absolute atomic E-state index is 0.176. The molecule has 1 aliphatic rings. The maximum atomic E-state index is 13.5. The van der Waals surface area contributed by atoms with Gasteiger partial charge < -0.3 is 5.73 Å². The van der Waals surface area contributed by atoms with E-state index in [1.807, 2.05) is 12.1 Å². The molecule has 0 saturated carbocycles. The first-order chi connectivity index (χ1) is 10.8. The van der Waals surface area contributed by atoms with Gasteiger partial charge in [0, 0.05) is 12.1 Å². The van der Waals surface area contributed by atoms with Gasteiger partial charge in [-0.25, -0.2) is 4.39 Å². The van der Waals surface area contributed by atoms with Crippen LogP contribution in [0.5, 0.6) is 0 Å². The third-order valence-electron chi connectivity index (χ3n) is 4.65. The van der Waals surface area contributed by atoms with Crippen molar-refractivity contribution in [1.29, 1.82) is 0 Å². The van der Waals surface area contributed by atoms with Crippen LogP contribution in [0.15, 0.2) is 41.5 Å². The van der Waals surface area contributed by atoms with Crippen LogP contribution in [-0.4, -0.2) is 18.5 Å². The second kappa shape index (κ2) is 7.22. The molecular weight excluding hydrogens is 289 g/mol. The van der Waals surface area contributed by atoms with Crippen molar-refractivity contribution in [2.75, 3.05) is 6.54 Å². The van der Waals surface area contributed by atoms with Gasteiger partial charge in [0.15, 0.2) is 12.0 Å². The summed E-state index contributed by atoms with van der Waals surface area (Å²) in [5, 5.41) is 0. The maximum Gasteiger partial charge on any atom is 0.198 e. The standard InChI is InChI=1S/C20H26FNO/c1-14-6-5-11-20(2,3)17(14)10-9-15-7-4-8-16(12-15)19(23)18(21)13-22/h4,7-10,12,18H,5-6,11,13,22H2,1-3H3. The first kappa shape index (κ1) is 17.6. The predicted molar refractivity (Wildman–Crippen MR) is 94.1 cm³/mol. The highest BCUT2D eigenvalue weighted by Crippen LogP contribution is 2.40. The van der Waals surface area contributed by atoms with Crippen LogP contribution in [0.25, 0.3) is 6.08 Å². The highest BCUT2D eigenvalue weighted by atomic mass is 19.1. The number of hydrogen-bond acceptors (Lipinski definition) is 2. The molecule has 2 rings (SSSR count). The molecule has 23 heavy (non-hydrogen) atoms. The smallest absolute Gasteiger partial charge is 0.198 e. The van der Waals surface area contributed by atoms with Crippen LogP contribution in [0, 0.1) is 5.41 Å². The number of hydrogen-bond donors (Lipinski definition) is 1. The quantitative estimate of drug-likeness (QED) is 0.800. The minimum atomic E-state index is -1.63. The molecule has 1 unspecified atom stereocenters. The van der Waals surface area contributed by atoms with Crippen molar-refractivity contribution in [3.63, 3.8) is 0 Å². The van der Waals surface area contributed by atoms with Gasteiger partial charge in [0.05, 0.1) is 0 Å². The van der Waals surface area contributed by atoms with Crippen LogP contribution in [-0.2, 0) is 0 Å². The molecule has 1 aromatic rings. The van der Waals surface area contributed by atoms with Gasteiger partial charge in [-0.15, -0.1) is 0 Å². The summed E-state index contributed by atoms with van der Waals surface area (Å²) in [6, 6.07) is 7.07. The Morgan fingerprint density at radius 1 is 1.39 bits per heavy atom. The summed E-state index contributed by atoms with van der Waals surface area (Å²) in [4.78, 5) is 11.9. The lowest BCUT2D eigenvalue weighted by Gasteiger charge is -2.32. The fraction of sp³-hybridized carbons (Fsp3) is 0.450. The van der Waals surface area contributed by atoms with Crippen molar-refractivity contribution in [2.45, 2.75) is 46.2 Å². The Hall–Kier alpha value is -1.74. The average Bonchev–Trinajstić information content (AvgIpc) is 2.52. The summed E-state index contributed by atoms with van der Waals surface area (Å²) in [6.45, 7) is 6.45. The third kappa shape index (κ3) is 4.17. The Morgan fingerprint density at radius 3 is 2.78 bits per heavy atom. The maximum absolute atomic E-state index is 13.5. The normalized spacial score (nSPS) is 19.2. The first-order valence-corrected chi connectivity index (χ1v) is 8.22. The van der Waals surface area contributed by atoms with E-state index in [0.717, 1.165) is 12.0 Å². The molecule has 1 atom stereocenters. The molecule has 0 fully saturated rings. The SMILES string of the molecule is CC1=C(C=Cc2cccc(C(=O)C(F)CN)c2)C(C)(C)CCC1. The van der Waals surface area contributed by atoms with Gasteiger partial charge in [-0.05, 0) is 48.8 Å². The van der Waals surface area contributed by atoms with E-state index >= 15 is 0 Å². The van der Waals surface area contributed by atoms with Crippen LogP contribution >= 0.6 is 0 Å². The molecule has 0 bridgehead atoms. The Morgan fingerprint density at radius 2 is 2.13 bits per heavy atom. The van der Waals surface area contributed by atoms with Gasteiger partial charge in [0.25, 0.3) is 0 Å². The average molecular weight is 315 g/mol. The Balaban J connectivity index is 2.25. The number of halogens is 1. The zero-order valence-electron chi connectivity index (χ0n) is 14.2. The van der Waals surface area contributed by atoms with E-state index in [4.69, 9.17) is 5.73 Å². The van der Waals surface area contributed by atoms with Crippen molar-refractivity contribution in [3.05, 3.63) is 52.6 Å². The van der Waals surface area contributed by atoms with E-state index in [-0.39, 0.29) is 12.0 Å². The van der Waals surface area contributed by atoms with Crippen molar-refractivity contribution >= 4 is 11.9 Å². The summed E-state index contributed by atoms with van der Waals surface area (Å²) in [5.74, 6) is -0.545. The molecule has 0 amide bonds. The van der Waals surface area contributed by atoms with Crippen molar-refractivity contribution in [1.82, 2.24) is 0 Å². The molecule has 0 heterocycles. The fourth-order valence-corrected chi connectivity index (χ4v) is 3.27. The van der Waals surface area contributed by atoms with Gasteiger partial charge >= 0.3 is 0 Å². The Bertz CT molecular complexity index is 643. The monoisotopic (exact) mass is 315 g/mol. The summed E-state index contributed by atoms with van der Waals surface area (Å²) in [7, 11) is 0. The third-order valence-corrected chi connectivity index (χ3v) is 4.65. The van der Waals surface area contributed by atoms with Crippen molar-refractivity contribution < 1.29 is 9.18 Å². The van der Waals surface area contributed by atoms with E-state index in [9.17, 15) is 9.18 Å². The van der Waals surface area contributed by atoms with Gasteiger partial charge in [0.2, 0.25) is 0 Å². The van der Waals surface area contributed by atoms with Crippen molar-refractivity contribution in [2.24, 2.45) is 11.1 Å². The van der Waals surface area contributed by atoms with E-state index in [2.05, 4.69) is 26.8 Å². The molecule has 0 saturated heterocycles. The molecule has 3 heteroatoms. The van der Waals surface area contributed by atoms with Crippen LogP contribution in [0.4, 0.5) is 4.39 Å². The lowest BCUT2D eigenvalue weighted by molar-refractivity contribution is 0.0885. The summed E-state index contributed by atoms with van der Waals surface area (Å²) in [6.07, 6.45) is 6.09. The molecule has 0 radical (unpaired) electrons. The van der Waals surface area contributed by atoms with E-state index in [1.165, 1.54) is 24.0 Å². The summed E-state index contributed by atoms with van der Waals surface area (Å²) < 4.78 is 13.5. The number of nitrogens with two attached hydrogens (primary N) is 1. The molecule has 0 aliphatic heterocycles. The number of carbonyl (C=O) groups is 1. The largest absolute Gasteiger partial charge is 0.327 e. The number of Topliss-reactive ketones (excluding diaryl/α,β-unsaturated/α-hetero) is 1. The summed E-state index contributed by atoms with van der Waals surface area (Å²) >= 11 is 0. The highest BCUT2D eigenvalue weighted by molar-refractivity contribution is 6.00. The zero-order chi connectivity index (χ0) is 17.0. The molecule has 0 aromatic heterocycles. The molecule has 1 aromatic carbocycles. The van der Waals surface area contributed by atoms with Crippen LogP contribution < -0.4 is 5.73 Å². The summed E-state index contributed by atoms with van der Waals surface area (Å²) in [5.41, 5.74) is 9.48. The number of rotatable bonds is 5. The van der Waals surface area contributed by atoms with Gasteiger partial charge in [0.1, 0.15) is 0 Å². The van der Waals surface area contributed by atoms with E-state index in [1.54, 1.807) is 18.2 Å². The highest BCUT2D eigenvalue weighted by Gasteiger charge is 2.26. The molecule has 0 spiro atoms. The lowest BCUT2D eigenvalue weighted by atomic mass is 9.72. The molecule has 1 aliphatic carbocycles. The van der Waals surface area contributed by atoms with Gasteiger partial charge in [-0.2, -0.15) is 0 Å². The Kier molecular flexibility index (Phi) is 5.53. The fourth-order valence-electron chi connectivity index (χ4n) is 3.27. The molecule has 124 valence electrons. The van der Waals surface area contributed by atoms with Crippen LogP contribution in [0.3, 0.4) is 0 Å². The predicted octanol–water partition coefficient (Wildman–Crippen LogP) is 4.71. The van der Waals surface area contributed by atoms with Crippen molar-refractivity contribution in [3.8, 4) is 0 Å². The van der Waals surface area contributed by atoms with E-state index in [0.29, 0.717) is 5.56 Å². The Labute approximate surface area is 138 Å². The number of benzene rings is 1. The molecular formula is C20H26FNO. The lowest BCUT2D eigenvalue weighted by Crippen LogP contribution is -2.25. The topological polar surface area (TPSA) is 43.1 Å². The second-order valence-electron chi connectivity index (χ2n) is 6.96. The zero-order valence-corrected chi connectivity index (χ0v) is 14.2. The van der Waals surface area contributed by atoms with Gasteiger partial charge in [-0.3, -0.25) is 4.79 Å².